The number of piperazine rings is 1. The maximum atomic E-state index is 12.6. The summed E-state index contributed by atoms with van der Waals surface area (Å²) in [6, 6.07) is 6.18. The Morgan fingerprint density at radius 2 is 2.05 bits per heavy atom. The molecule has 7 heteroatoms. The van der Waals surface area contributed by atoms with Gasteiger partial charge in [0.1, 0.15) is 12.6 Å². The Hall–Kier alpha value is -2.83. The van der Waals surface area contributed by atoms with E-state index in [0.717, 1.165) is 10.4 Å². The fraction of sp³-hybridized carbons (Fsp3) is 0.214. The van der Waals surface area contributed by atoms with Crippen LogP contribution in [0, 0.1) is 0 Å². The number of carbonyl (C=O) groups is 3. The number of aromatic amines is 1. The van der Waals surface area contributed by atoms with Gasteiger partial charge in [0.25, 0.3) is 5.91 Å². The Labute approximate surface area is 119 Å². The molecule has 0 bridgehead atoms. The van der Waals surface area contributed by atoms with E-state index in [-0.39, 0.29) is 19.0 Å². The molecule has 3 rings (SSSR count). The van der Waals surface area contributed by atoms with Gasteiger partial charge in [-0.05, 0) is 6.07 Å². The number of para-hydroxylation sites is 1. The van der Waals surface area contributed by atoms with Gasteiger partial charge in [-0.25, -0.2) is 4.79 Å². The Kier molecular flexibility index (Phi) is 3.09. The Morgan fingerprint density at radius 1 is 1.29 bits per heavy atom. The van der Waals surface area contributed by atoms with E-state index in [1.165, 1.54) is 0 Å². The van der Waals surface area contributed by atoms with E-state index >= 15 is 0 Å². The number of carboxylic acids is 1. The van der Waals surface area contributed by atoms with Gasteiger partial charge in [0.2, 0.25) is 5.91 Å². The van der Waals surface area contributed by atoms with Crippen LogP contribution in [-0.2, 0) is 9.59 Å². The van der Waals surface area contributed by atoms with Crippen molar-refractivity contribution in [3.05, 3.63) is 36.0 Å². The lowest BCUT2D eigenvalue weighted by molar-refractivity contribution is -0.144. The van der Waals surface area contributed by atoms with E-state index < -0.39 is 17.9 Å². The second-order valence-electron chi connectivity index (χ2n) is 4.84. The summed E-state index contributed by atoms with van der Waals surface area (Å²) in [6.07, 6.45) is 1.54. The summed E-state index contributed by atoms with van der Waals surface area (Å²) < 4.78 is 0. The third-order valence-electron chi connectivity index (χ3n) is 3.55. The van der Waals surface area contributed by atoms with Crippen LogP contribution in [0.1, 0.15) is 10.4 Å². The van der Waals surface area contributed by atoms with Crippen molar-refractivity contribution < 1.29 is 19.5 Å². The molecule has 2 aromatic rings. The van der Waals surface area contributed by atoms with Crippen molar-refractivity contribution in [2.45, 2.75) is 6.04 Å². The average Bonchev–Trinajstić information content (AvgIpc) is 2.90. The largest absolute Gasteiger partial charge is 0.480 e. The quantitative estimate of drug-likeness (QED) is 0.733. The minimum atomic E-state index is -1.14. The van der Waals surface area contributed by atoms with Crippen molar-refractivity contribution in [3.8, 4) is 0 Å². The maximum absolute atomic E-state index is 12.6. The highest BCUT2D eigenvalue weighted by atomic mass is 16.4. The van der Waals surface area contributed by atoms with Crippen molar-refractivity contribution in [1.29, 1.82) is 0 Å². The minimum absolute atomic E-state index is 0.0811. The van der Waals surface area contributed by atoms with Gasteiger partial charge in [0.05, 0.1) is 5.56 Å². The molecular formula is C14H13N3O4. The fourth-order valence-corrected chi connectivity index (χ4v) is 2.48. The van der Waals surface area contributed by atoms with Gasteiger partial charge in [-0.3, -0.25) is 9.59 Å². The van der Waals surface area contributed by atoms with E-state index in [0.29, 0.717) is 10.9 Å². The van der Waals surface area contributed by atoms with Crippen LogP contribution in [0.2, 0.25) is 0 Å². The smallest absolute Gasteiger partial charge is 0.328 e. The van der Waals surface area contributed by atoms with Crippen LogP contribution in [0.15, 0.2) is 30.5 Å². The second kappa shape index (κ2) is 4.93. The molecule has 0 aliphatic carbocycles. The highest BCUT2D eigenvalue weighted by Crippen LogP contribution is 2.21. The number of carboxylic acid groups (broad SMARTS) is 1. The van der Waals surface area contributed by atoms with Gasteiger partial charge in [0.15, 0.2) is 0 Å². The molecule has 1 atom stereocenters. The molecule has 7 nitrogen and oxygen atoms in total. The van der Waals surface area contributed by atoms with E-state index in [2.05, 4.69) is 10.3 Å². The van der Waals surface area contributed by atoms with Gasteiger partial charge in [-0.15, -0.1) is 0 Å². The van der Waals surface area contributed by atoms with Crippen LogP contribution in [0.25, 0.3) is 10.9 Å². The fourth-order valence-electron chi connectivity index (χ4n) is 2.48. The lowest BCUT2D eigenvalue weighted by Gasteiger charge is -2.32. The lowest BCUT2D eigenvalue weighted by Crippen LogP contribution is -2.59. The average molecular weight is 287 g/mol. The molecule has 1 aromatic heterocycles. The summed E-state index contributed by atoms with van der Waals surface area (Å²) in [6.45, 7) is -0.336. The molecular weight excluding hydrogens is 274 g/mol. The number of carbonyl (C=O) groups excluding carboxylic acids is 2. The molecule has 1 saturated heterocycles. The molecule has 2 heterocycles. The molecule has 1 fully saturated rings. The first kappa shape index (κ1) is 13.2. The zero-order chi connectivity index (χ0) is 15.0. The van der Waals surface area contributed by atoms with Crippen molar-refractivity contribution in [2.75, 3.05) is 13.1 Å². The van der Waals surface area contributed by atoms with Crippen LogP contribution in [0.4, 0.5) is 0 Å². The van der Waals surface area contributed by atoms with Crippen molar-refractivity contribution >= 4 is 28.7 Å². The van der Waals surface area contributed by atoms with Crippen molar-refractivity contribution in [3.63, 3.8) is 0 Å². The molecule has 0 spiro atoms. The van der Waals surface area contributed by atoms with Crippen molar-refractivity contribution in [1.82, 2.24) is 15.2 Å². The first-order valence-corrected chi connectivity index (χ1v) is 6.44. The third kappa shape index (κ3) is 2.22. The Bertz CT molecular complexity index is 737. The van der Waals surface area contributed by atoms with E-state index in [9.17, 15) is 19.5 Å². The summed E-state index contributed by atoms with van der Waals surface area (Å²) in [5, 5.41) is 12.4. The zero-order valence-corrected chi connectivity index (χ0v) is 11.0. The van der Waals surface area contributed by atoms with E-state index in [4.69, 9.17) is 0 Å². The number of aromatic nitrogens is 1. The molecule has 21 heavy (non-hydrogen) atoms. The lowest BCUT2D eigenvalue weighted by atomic mass is 10.1. The normalized spacial score (nSPS) is 18.6. The number of benzene rings is 1. The van der Waals surface area contributed by atoms with Gasteiger partial charge in [-0.1, -0.05) is 18.2 Å². The number of nitrogens with one attached hydrogen (secondary N) is 2. The third-order valence-corrected chi connectivity index (χ3v) is 3.55. The molecule has 0 radical (unpaired) electrons. The highest BCUT2D eigenvalue weighted by molar-refractivity contribution is 6.08. The topological polar surface area (TPSA) is 103 Å². The van der Waals surface area contributed by atoms with E-state index in [1.54, 1.807) is 18.3 Å². The summed E-state index contributed by atoms with van der Waals surface area (Å²) in [5.41, 5.74) is 1.15. The number of hydrogen-bond donors (Lipinski definition) is 3. The number of fused-ring (bicyclic) bond motifs is 1. The van der Waals surface area contributed by atoms with Gasteiger partial charge < -0.3 is 20.3 Å². The monoisotopic (exact) mass is 287 g/mol. The van der Waals surface area contributed by atoms with Gasteiger partial charge >= 0.3 is 5.97 Å². The van der Waals surface area contributed by atoms with Crippen LogP contribution in [-0.4, -0.2) is 51.9 Å². The van der Waals surface area contributed by atoms with Crippen LogP contribution in [0.5, 0.6) is 0 Å². The predicted molar refractivity (Wildman–Crippen MR) is 73.8 cm³/mol. The van der Waals surface area contributed by atoms with Gasteiger partial charge in [-0.2, -0.15) is 0 Å². The number of H-pyrrole nitrogens is 1. The standard InChI is InChI=1S/C14H13N3O4/c18-12-7-17(11(6-16-12)14(20)21)13(19)9-5-15-10-4-2-1-3-8(9)10/h1-5,11,15H,6-7H2,(H,16,18)(H,20,21). The van der Waals surface area contributed by atoms with Gasteiger partial charge in [0, 0.05) is 23.6 Å². The molecule has 1 aliphatic heterocycles. The molecule has 1 aliphatic rings. The molecule has 2 amide bonds. The number of rotatable bonds is 2. The highest BCUT2D eigenvalue weighted by Gasteiger charge is 2.36. The molecule has 0 saturated carbocycles. The Morgan fingerprint density at radius 3 is 2.81 bits per heavy atom. The number of amides is 2. The summed E-state index contributed by atoms with van der Waals surface area (Å²) in [5.74, 6) is -1.96. The summed E-state index contributed by atoms with van der Waals surface area (Å²) in [7, 11) is 0. The summed E-state index contributed by atoms with van der Waals surface area (Å²) >= 11 is 0. The molecule has 1 unspecified atom stereocenters. The van der Waals surface area contributed by atoms with Crippen LogP contribution >= 0.6 is 0 Å². The van der Waals surface area contributed by atoms with Crippen LogP contribution in [0.3, 0.4) is 0 Å². The van der Waals surface area contributed by atoms with E-state index in [1.807, 2.05) is 12.1 Å². The number of nitrogens with zero attached hydrogens (tertiary/aromatic N) is 1. The van der Waals surface area contributed by atoms with Crippen LogP contribution < -0.4 is 5.32 Å². The predicted octanol–water partition coefficient (Wildman–Crippen LogP) is 0.193. The minimum Gasteiger partial charge on any atom is -0.480 e. The summed E-state index contributed by atoms with van der Waals surface area (Å²) in [4.78, 5) is 39.4. The molecule has 108 valence electrons. The number of aliphatic carboxylic acids is 1. The SMILES string of the molecule is O=C1CN(C(=O)c2c[nH]c3ccccc23)C(C(=O)O)CN1. The number of hydrogen-bond acceptors (Lipinski definition) is 3. The Balaban J connectivity index is 1.99. The first-order valence-electron chi connectivity index (χ1n) is 6.44. The second-order valence-corrected chi connectivity index (χ2v) is 4.84. The van der Waals surface area contributed by atoms with Crippen molar-refractivity contribution in [2.24, 2.45) is 0 Å². The molecule has 3 N–H and O–H groups in total. The molecule has 1 aromatic carbocycles. The zero-order valence-electron chi connectivity index (χ0n) is 11.0. The maximum Gasteiger partial charge on any atom is 0.328 e. The first-order chi connectivity index (χ1) is 10.1.